The van der Waals surface area contributed by atoms with E-state index in [0.29, 0.717) is 0 Å². The monoisotopic (exact) mass is 253 g/mol. The zero-order valence-electron chi connectivity index (χ0n) is 8.73. The van der Waals surface area contributed by atoms with Crippen molar-refractivity contribution in [2.45, 2.75) is 38.6 Å². The van der Waals surface area contributed by atoms with Gasteiger partial charge in [-0.15, -0.1) is 0 Å². The normalized spacial score (nSPS) is 18.3. The summed E-state index contributed by atoms with van der Waals surface area (Å²) in [7, 11) is 0. The van der Waals surface area contributed by atoms with Gasteiger partial charge in [0.15, 0.2) is 0 Å². The molecular weight excluding hydrogens is 238 g/mol. The molecule has 0 unspecified atom stereocenters. The Morgan fingerprint density at radius 3 is 2.57 bits per heavy atom. The summed E-state index contributed by atoms with van der Waals surface area (Å²) in [6, 6.07) is 4.44. The van der Waals surface area contributed by atoms with Gasteiger partial charge in [0, 0.05) is 10.0 Å². The predicted molar refractivity (Wildman–Crippen MR) is 63.5 cm³/mol. The van der Waals surface area contributed by atoms with Crippen LogP contribution in [-0.4, -0.2) is 5.54 Å². The first-order valence-corrected chi connectivity index (χ1v) is 5.84. The first-order valence-electron chi connectivity index (χ1n) is 5.05. The first kappa shape index (κ1) is 10.2. The summed E-state index contributed by atoms with van der Waals surface area (Å²) in [6.07, 6.45) is 3.36. The zero-order valence-corrected chi connectivity index (χ0v) is 10.3. The topological polar surface area (TPSA) is 26.0 Å². The fourth-order valence-electron chi connectivity index (χ4n) is 1.88. The molecule has 1 saturated carbocycles. The highest BCUT2D eigenvalue weighted by Gasteiger charge is 2.38. The van der Waals surface area contributed by atoms with Crippen LogP contribution in [0.2, 0.25) is 0 Å². The molecule has 0 heterocycles. The smallest absolute Gasteiger partial charge is 0.0237 e. The van der Waals surface area contributed by atoms with E-state index in [2.05, 4.69) is 41.9 Å². The Morgan fingerprint density at radius 2 is 2.00 bits per heavy atom. The molecule has 0 aliphatic heterocycles. The summed E-state index contributed by atoms with van der Waals surface area (Å²) in [5.74, 6) is 0. The van der Waals surface area contributed by atoms with Crippen LogP contribution in [0.15, 0.2) is 16.6 Å². The Labute approximate surface area is 93.8 Å². The molecule has 1 aliphatic rings. The van der Waals surface area contributed by atoms with Crippen molar-refractivity contribution in [3.05, 3.63) is 33.3 Å². The molecule has 2 N–H and O–H groups in total. The Bertz CT molecular complexity index is 367. The lowest BCUT2D eigenvalue weighted by atomic mass is 10.0. The van der Waals surface area contributed by atoms with Gasteiger partial charge in [-0.3, -0.25) is 0 Å². The lowest BCUT2D eigenvalue weighted by Crippen LogP contribution is -2.24. The van der Waals surface area contributed by atoms with E-state index in [1.807, 2.05) is 0 Å². The number of hydrogen-bond donors (Lipinski definition) is 1. The molecule has 1 aromatic carbocycles. The minimum absolute atomic E-state index is 0.1000. The van der Waals surface area contributed by atoms with Crippen LogP contribution >= 0.6 is 15.9 Å². The van der Waals surface area contributed by atoms with E-state index in [9.17, 15) is 0 Å². The molecule has 76 valence electrons. The highest BCUT2D eigenvalue weighted by Crippen LogP contribution is 2.38. The molecule has 0 atom stereocenters. The van der Waals surface area contributed by atoms with Crippen LogP contribution in [0, 0.1) is 13.8 Å². The number of benzene rings is 1. The lowest BCUT2D eigenvalue weighted by Gasteiger charge is -2.13. The van der Waals surface area contributed by atoms with Gasteiger partial charge in [-0.25, -0.2) is 0 Å². The minimum Gasteiger partial charge on any atom is -0.325 e. The summed E-state index contributed by atoms with van der Waals surface area (Å²) < 4.78 is 1.24. The van der Waals surface area contributed by atoms with E-state index < -0.39 is 0 Å². The molecule has 2 heteroatoms. The summed E-state index contributed by atoms with van der Waals surface area (Å²) in [4.78, 5) is 0. The molecule has 0 bridgehead atoms. The number of halogens is 1. The third kappa shape index (κ3) is 2.01. The number of rotatable bonds is 2. The Kier molecular flexibility index (Phi) is 2.44. The SMILES string of the molecule is Cc1cc(C)c(Br)c(CC2(N)CC2)c1. The number of aryl methyl sites for hydroxylation is 2. The van der Waals surface area contributed by atoms with Crippen LogP contribution in [0.25, 0.3) is 0 Å². The van der Waals surface area contributed by atoms with Crippen LogP contribution < -0.4 is 5.73 Å². The number of nitrogens with two attached hydrogens (primary N) is 1. The van der Waals surface area contributed by atoms with Crippen LogP contribution in [0.1, 0.15) is 29.5 Å². The lowest BCUT2D eigenvalue weighted by molar-refractivity contribution is 0.669. The minimum atomic E-state index is 0.1000. The van der Waals surface area contributed by atoms with E-state index in [1.165, 1.54) is 34.0 Å². The fraction of sp³-hybridized carbons (Fsp3) is 0.500. The maximum atomic E-state index is 6.13. The van der Waals surface area contributed by atoms with Gasteiger partial charge in [0.2, 0.25) is 0 Å². The van der Waals surface area contributed by atoms with Crippen molar-refractivity contribution in [2.75, 3.05) is 0 Å². The first-order chi connectivity index (χ1) is 6.50. The van der Waals surface area contributed by atoms with Crippen molar-refractivity contribution in [3.63, 3.8) is 0 Å². The summed E-state index contributed by atoms with van der Waals surface area (Å²) in [5, 5.41) is 0. The van der Waals surface area contributed by atoms with E-state index in [-0.39, 0.29) is 5.54 Å². The van der Waals surface area contributed by atoms with Crippen LogP contribution in [0.3, 0.4) is 0 Å². The van der Waals surface area contributed by atoms with Crippen molar-refractivity contribution in [1.82, 2.24) is 0 Å². The van der Waals surface area contributed by atoms with E-state index in [1.54, 1.807) is 0 Å². The molecule has 1 aromatic rings. The van der Waals surface area contributed by atoms with Crippen LogP contribution in [-0.2, 0) is 6.42 Å². The Balaban J connectivity index is 2.32. The average molecular weight is 254 g/mol. The third-order valence-corrected chi connectivity index (χ3v) is 4.04. The second kappa shape index (κ2) is 3.35. The molecule has 0 aromatic heterocycles. The van der Waals surface area contributed by atoms with Crippen molar-refractivity contribution < 1.29 is 0 Å². The highest BCUT2D eigenvalue weighted by atomic mass is 79.9. The van der Waals surface area contributed by atoms with Gasteiger partial charge in [0.05, 0.1) is 0 Å². The Morgan fingerprint density at radius 1 is 1.36 bits per heavy atom. The van der Waals surface area contributed by atoms with Crippen molar-refractivity contribution >= 4 is 15.9 Å². The molecule has 0 amide bonds. The van der Waals surface area contributed by atoms with Crippen LogP contribution in [0.4, 0.5) is 0 Å². The summed E-state index contributed by atoms with van der Waals surface area (Å²) in [6.45, 7) is 4.27. The fourth-order valence-corrected chi connectivity index (χ4v) is 2.25. The maximum Gasteiger partial charge on any atom is 0.0237 e. The standard InChI is InChI=1S/C12H16BrN/c1-8-5-9(2)11(13)10(6-8)7-12(14)3-4-12/h5-6H,3-4,7,14H2,1-2H3. The van der Waals surface area contributed by atoms with Gasteiger partial charge in [-0.2, -0.15) is 0 Å². The molecule has 1 fully saturated rings. The molecule has 0 spiro atoms. The second-order valence-corrected chi connectivity index (χ2v) is 5.39. The summed E-state index contributed by atoms with van der Waals surface area (Å²) in [5.41, 5.74) is 10.2. The van der Waals surface area contributed by atoms with Gasteiger partial charge >= 0.3 is 0 Å². The number of hydrogen-bond acceptors (Lipinski definition) is 1. The molecule has 2 rings (SSSR count). The molecule has 1 aliphatic carbocycles. The van der Waals surface area contributed by atoms with Crippen molar-refractivity contribution in [2.24, 2.45) is 5.73 Å². The van der Waals surface area contributed by atoms with Gasteiger partial charge in [-0.05, 0) is 44.2 Å². The predicted octanol–water partition coefficient (Wildman–Crippen LogP) is 3.10. The third-order valence-electron chi connectivity index (χ3n) is 2.91. The largest absolute Gasteiger partial charge is 0.325 e. The molecule has 1 nitrogen and oxygen atoms in total. The van der Waals surface area contributed by atoms with Gasteiger partial charge in [0.1, 0.15) is 0 Å². The quantitative estimate of drug-likeness (QED) is 0.862. The molecule has 0 radical (unpaired) electrons. The van der Waals surface area contributed by atoms with Crippen LogP contribution in [0.5, 0.6) is 0 Å². The van der Waals surface area contributed by atoms with Gasteiger partial charge in [0.25, 0.3) is 0 Å². The van der Waals surface area contributed by atoms with Gasteiger partial charge < -0.3 is 5.73 Å². The zero-order chi connectivity index (χ0) is 10.3. The van der Waals surface area contributed by atoms with Crippen molar-refractivity contribution in [1.29, 1.82) is 0 Å². The van der Waals surface area contributed by atoms with Crippen molar-refractivity contribution in [3.8, 4) is 0 Å². The molecule has 14 heavy (non-hydrogen) atoms. The van der Waals surface area contributed by atoms with E-state index >= 15 is 0 Å². The Hall–Kier alpha value is -0.340. The second-order valence-electron chi connectivity index (χ2n) is 4.59. The molecule has 0 saturated heterocycles. The average Bonchev–Trinajstić information content (AvgIpc) is 2.79. The summed E-state index contributed by atoms with van der Waals surface area (Å²) >= 11 is 3.64. The maximum absolute atomic E-state index is 6.13. The van der Waals surface area contributed by atoms with E-state index in [0.717, 1.165) is 6.42 Å². The molecular formula is C12H16BrN. The van der Waals surface area contributed by atoms with E-state index in [4.69, 9.17) is 5.73 Å². The highest BCUT2D eigenvalue weighted by molar-refractivity contribution is 9.10. The van der Waals surface area contributed by atoms with Gasteiger partial charge in [-0.1, -0.05) is 33.6 Å².